The highest BCUT2D eigenvalue weighted by atomic mass is 16.6. The second-order valence-electron chi connectivity index (χ2n) is 6.95. The number of primary amides is 1. The topological polar surface area (TPSA) is 128 Å². The first-order chi connectivity index (χ1) is 13.5. The minimum absolute atomic E-state index is 0.0735. The largest absolute Gasteiger partial charge is 0.441 e. The molecule has 1 spiro atoms. The van der Waals surface area contributed by atoms with Crippen LogP contribution in [0.2, 0.25) is 0 Å². The first-order valence-electron chi connectivity index (χ1n) is 8.94. The Morgan fingerprint density at radius 1 is 1.14 bits per heavy atom. The maximum Gasteiger partial charge on any atom is 0.407 e. The Bertz CT molecular complexity index is 936. The van der Waals surface area contributed by atoms with Crippen molar-refractivity contribution in [2.45, 2.75) is 18.4 Å². The summed E-state index contributed by atoms with van der Waals surface area (Å²) in [6.07, 6.45) is 3.68. The maximum atomic E-state index is 12.8. The Morgan fingerprint density at radius 3 is 2.46 bits per heavy atom. The Hall–Kier alpha value is -3.49. The number of benzene rings is 1. The SMILES string of the molecule is NC(=O)c1cncc(-c2ccc(C(=O)N3CCC4(CC3)CNC(=O)O4)cc2)n1. The lowest BCUT2D eigenvalue weighted by Gasteiger charge is -2.37. The van der Waals surface area contributed by atoms with Gasteiger partial charge in [0.25, 0.3) is 11.8 Å². The molecule has 3 N–H and O–H groups in total. The zero-order valence-corrected chi connectivity index (χ0v) is 15.1. The average molecular weight is 381 g/mol. The van der Waals surface area contributed by atoms with Gasteiger partial charge in [0.05, 0.1) is 24.6 Å². The first kappa shape index (κ1) is 17.9. The molecule has 2 aliphatic heterocycles. The summed E-state index contributed by atoms with van der Waals surface area (Å²) in [5.41, 5.74) is 6.63. The summed E-state index contributed by atoms with van der Waals surface area (Å²) in [7, 11) is 0. The molecule has 144 valence electrons. The van der Waals surface area contributed by atoms with Crippen LogP contribution in [0.3, 0.4) is 0 Å². The predicted octanol–water partition coefficient (Wildman–Crippen LogP) is 0.957. The van der Waals surface area contributed by atoms with Crippen LogP contribution in [0, 0.1) is 0 Å². The van der Waals surface area contributed by atoms with Crippen LogP contribution in [0.25, 0.3) is 11.3 Å². The molecule has 0 atom stereocenters. The maximum absolute atomic E-state index is 12.8. The standard InChI is InChI=1S/C19H19N5O4/c20-16(25)15-10-21-9-14(23-15)12-1-3-13(4-2-12)17(26)24-7-5-19(6-8-24)11-22-18(27)28-19/h1-4,9-10H,5-8,11H2,(H2,20,25)(H,22,27). The Balaban J connectivity index is 1.44. The Morgan fingerprint density at radius 2 is 1.86 bits per heavy atom. The van der Waals surface area contributed by atoms with Crippen molar-refractivity contribution in [3.05, 3.63) is 47.9 Å². The summed E-state index contributed by atoms with van der Waals surface area (Å²) in [5.74, 6) is -0.720. The molecule has 2 aromatic rings. The summed E-state index contributed by atoms with van der Waals surface area (Å²) in [6, 6.07) is 6.96. The van der Waals surface area contributed by atoms with Crippen molar-refractivity contribution in [1.82, 2.24) is 20.2 Å². The van der Waals surface area contributed by atoms with Crippen LogP contribution in [-0.4, -0.2) is 58.0 Å². The van der Waals surface area contributed by atoms with E-state index in [1.165, 1.54) is 12.4 Å². The lowest BCUT2D eigenvalue weighted by atomic mass is 9.91. The van der Waals surface area contributed by atoms with Gasteiger partial charge in [-0.2, -0.15) is 0 Å². The predicted molar refractivity (Wildman–Crippen MR) is 98.3 cm³/mol. The van der Waals surface area contributed by atoms with E-state index in [4.69, 9.17) is 10.5 Å². The highest BCUT2D eigenvalue weighted by molar-refractivity contribution is 5.95. The number of likely N-dealkylation sites (tertiary alicyclic amines) is 1. The number of rotatable bonds is 3. The lowest BCUT2D eigenvalue weighted by molar-refractivity contribution is 0.00330. The van der Waals surface area contributed by atoms with Crippen LogP contribution >= 0.6 is 0 Å². The number of carbonyl (C=O) groups excluding carboxylic acids is 3. The number of hydrogen-bond acceptors (Lipinski definition) is 6. The van der Waals surface area contributed by atoms with Crippen molar-refractivity contribution in [2.24, 2.45) is 5.73 Å². The number of ether oxygens (including phenoxy) is 1. The molecule has 1 aromatic carbocycles. The molecule has 2 fully saturated rings. The monoisotopic (exact) mass is 381 g/mol. The third kappa shape index (κ3) is 3.38. The van der Waals surface area contributed by atoms with Crippen LogP contribution < -0.4 is 11.1 Å². The van der Waals surface area contributed by atoms with Gasteiger partial charge in [-0.15, -0.1) is 0 Å². The Labute approximate surface area is 160 Å². The van der Waals surface area contributed by atoms with Crippen molar-refractivity contribution in [3.8, 4) is 11.3 Å². The summed E-state index contributed by atoms with van der Waals surface area (Å²) >= 11 is 0. The highest BCUT2D eigenvalue weighted by Crippen LogP contribution is 2.30. The molecule has 2 saturated heterocycles. The van der Waals surface area contributed by atoms with Crippen LogP contribution in [-0.2, 0) is 4.74 Å². The fraction of sp³-hybridized carbons (Fsp3) is 0.316. The molecule has 9 nitrogen and oxygen atoms in total. The Kier molecular flexibility index (Phi) is 4.42. The normalized spacial score (nSPS) is 17.9. The number of amides is 3. The molecule has 0 unspecified atom stereocenters. The number of aromatic nitrogens is 2. The van der Waals surface area contributed by atoms with Gasteiger partial charge in [0.2, 0.25) is 0 Å². The molecular weight excluding hydrogens is 362 g/mol. The summed E-state index contributed by atoms with van der Waals surface area (Å²) in [5, 5.41) is 2.68. The zero-order chi connectivity index (χ0) is 19.7. The molecule has 28 heavy (non-hydrogen) atoms. The van der Waals surface area contributed by atoms with Gasteiger partial charge < -0.3 is 20.7 Å². The molecule has 0 radical (unpaired) electrons. The second-order valence-corrected chi connectivity index (χ2v) is 6.95. The minimum atomic E-state index is -0.646. The fourth-order valence-corrected chi connectivity index (χ4v) is 3.49. The quantitative estimate of drug-likeness (QED) is 0.815. The molecule has 3 amide bonds. The molecule has 1 aromatic heterocycles. The van der Waals surface area contributed by atoms with Gasteiger partial charge in [0, 0.05) is 37.1 Å². The smallest absolute Gasteiger partial charge is 0.407 e. The lowest BCUT2D eigenvalue weighted by Crippen LogP contribution is -2.48. The molecule has 2 aliphatic rings. The van der Waals surface area contributed by atoms with Gasteiger partial charge >= 0.3 is 6.09 Å². The summed E-state index contributed by atoms with van der Waals surface area (Å²) < 4.78 is 5.38. The number of nitrogens with two attached hydrogens (primary N) is 1. The van der Waals surface area contributed by atoms with E-state index in [0.717, 1.165) is 5.56 Å². The molecule has 0 aliphatic carbocycles. The summed E-state index contributed by atoms with van der Waals surface area (Å²) in [6.45, 7) is 1.55. The van der Waals surface area contributed by atoms with E-state index in [9.17, 15) is 14.4 Å². The second kappa shape index (κ2) is 6.91. The number of piperidine rings is 1. The van der Waals surface area contributed by atoms with Crippen molar-refractivity contribution in [1.29, 1.82) is 0 Å². The van der Waals surface area contributed by atoms with Gasteiger partial charge in [-0.05, 0) is 12.1 Å². The molecule has 4 rings (SSSR count). The average Bonchev–Trinajstić information content (AvgIpc) is 3.08. The first-order valence-corrected chi connectivity index (χ1v) is 8.94. The van der Waals surface area contributed by atoms with E-state index in [1.54, 1.807) is 29.2 Å². The minimum Gasteiger partial charge on any atom is -0.441 e. The van der Waals surface area contributed by atoms with Gasteiger partial charge in [-0.3, -0.25) is 14.6 Å². The number of carbonyl (C=O) groups is 3. The fourth-order valence-electron chi connectivity index (χ4n) is 3.49. The van der Waals surface area contributed by atoms with Crippen LogP contribution in [0.15, 0.2) is 36.7 Å². The number of nitrogens with one attached hydrogen (secondary N) is 1. The van der Waals surface area contributed by atoms with Crippen molar-refractivity contribution < 1.29 is 19.1 Å². The van der Waals surface area contributed by atoms with E-state index in [-0.39, 0.29) is 17.7 Å². The molecular formula is C19H19N5O4. The third-order valence-electron chi connectivity index (χ3n) is 5.14. The number of alkyl carbamates (subject to hydrolysis) is 1. The van der Waals surface area contributed by atoms with Crippen LogP contribution in [0.4, 0.5) is 4.79 Å². The van der Waals surface area contributed by atoms with Crippen molar-refractivity contribution >= 4 is 17.9 Å². The van der Waals surface area contributed by atoms with E-state index in [2.05, 4.69) is 15.3 Å². The molecule has 0 saturated carbocycles. The molecule has 0 bridgehead atoms. The highest BCUT2D eigenvalue weighted by Gasteiger charge is 2.43. The van der Waals surface area contributed by atoms with Gasteiger partial charge in [-0.25, -0.2) is 9.78 Å². The van der Waals surface area contributed by atoms with Gasteiger partial charge in [-0.1, -0.05) is 12.1 Å². The van der Waals surface area contributed by atoms with Crippen molar-refractivity contribution in [3.63, 3.8) is 0 Å². The van der Waals surface area contributed by atoms with E-state index < -0.39 is 11.5 Å². The molecule has 3 heterocycles. The number of hydrogen-bond donors (Lipinski definition) is 2. The molecule has 9 heteroatoms. The van der Waals surface area contributed by atoms with E-state index in [1.807, 2.05) is 0 Å². The van der Waals surface area contributed by atoms with Crippen LogP contribution in [0.5, 0.6) is 0 Å². The van der Waals surface area contributed by atoms with Gasteiger partial charge in [0.15, 0.2) is 0 Å². The zero-order valence-electron chi connectivity index (χ0n) is 15.1. The number of nitrogens with zero attached hydrogens (tertiary/aromatic N) is 3. The van der Waals surface area contributed by atoms with Gasteiger partial charge in [0.1, 0.15) is 11.3 Å². The van der Waals surface area contributed by atoms with E-state index in [0.29, 0.717) is 43.7 Å². The third-order valence-corrected chi connectivity index (χ3v) is 5.14. The van der Waals surface area contributed by atoms with Crippen LogP contribution in [0.1, 0.15) is 33.7 Å². The summed E-state index contributed by atoms with van der Waals surface area (Å²) in [4.78, 5) is 45.2. The van der Waals surface area contributed by atoms with E-state index >= 15 is 0 Å². The van der Waals surface area contributed by atoms with Crippen molar-refractivity contribution in [2.75, 3.05) is 19.6 Å².